The van der Waals surface area contributed by atoms with Crippen molar-refractivity contribution in [3.8, 4) is 11.5 Å². The Labute approximate surface area is 174 Å². The Morgan fingerprint density at radius 3 is 2.66 bits per heavy atom. The number of nitrogens with zero attached hydrogens (tertiary/aromatic N) is 2. The minimum atomic E-state index is -0.160. The summed E-state index contributed by atoms with van der Waals surface area (Å²) in [6.45, 7) is 2.74. The highest BCUT2D eigenvalue weighted by molar-refractivity contribution is 7.17. The van der Waals surface area contributed by atoms with Crippen molar-refractivity contribution in [2.75, 3.05) is 27.8 Å². The summed E-state index contributed by atoms with van der Waals surface area (Å²) in [4.78, 5) is 14.2. The molecule has 6 nitrogen and oxygen atoms in total. The van der Waals surface area contributed by atoms with Crippen molar-refractivity contribution in [2.24, 2.45) is 5.10 Å². The van der Waals surface area contributed by atoms with E-state index >= 15 is 0 Å². The Balaban J connectivity index is 1.58. The highest BCUT2D eigenvalue weighted by Gasteiger charge is 2.11. The number of carbonyl (C=O) groups excluding carboxylic acids is 1. The molecule has 0 spiro atoms. The van der Waals surface area contributed by atoms with Gasteiger partial charge in [-0.05, 0) is 37.7 Å². The third-order valence-corrected chi connectivity index (χ3v) is 5.50. The van der Waals surface area contributed by atoms with E-state index in [-0.39, 0.29) is 12.5 Å². The Hall–Kier alpha value is -2.90. The molecule has 3 rings (SSSR count). The zero-order valence-electron chi connectivity index (χ0n) is 17.1. The molecule has 0 aliphatic carbocycles. The number of benzene rings is 2. The van der Waals surface area contributed by atoms with Crippen LogP contribution in [0.4, 0.5) is 0 Å². The second kappa shape index (κ2) is 9.54. The van der Waals surface area contributed by atoms with Crippen LogP contribution in [0.1, 0.15) is 18.1 Å². The maximum absolute atomic E-state index is 12.3. The maximum Gasteiger partial charge on any atom is 0.254 e. The van der Waals surface area contributed by atoms with Gasteiger partial charge in [-0.3, -0.25) is 9.69 Å². The first-order valence-corrected chi connectivity index (χ1v) is 10.1. The quantitative estimate of drug-likeness (QED) is 0.451. The second-order valence-electron chi connectivity index (χ2n) is 6.74. The van der Waals surface area contributed by atoms with Crippen molar-refractivity contribution in [1.82, 2.24) is 10.3 Å². The van der Waals surface area contributed by atoms with Gasteiger partial charge in [0.2, 0.25) is 0 Å². The summed E-state index contributed by atoms with van der Waals surface area (Å²) in [5.74, 6) is 1.19. The normalized spacial score (nSPS) is 11.7. The number of rotatable bonds is 8. The first-order chi connectivity index (χ1) is 14.0. The number of thiophene rings is 1. The second-order valence-corrected chi connectivity index (χ2v) is 7.65. The number of hydrogen-bond acceptors (Lipinski definition) is 6. The lowest BCUT2D eigenvalue weighted by atomic mass is 10.1. The van der Waals surface area contributed by atoms with Gasteiger partial charge in [-0.1, -0.05) is 24.3 Å². The van der Waals surface area contributed by atoms with Crippen LogP contribution in [0.15, 0.2) is 52.9 Å². The Morgan fingerprint density at radius 2 is 1.90 bits per heavy atom. The first kappa shape index (κ1) is 20.8. The molecule has 0 bridgehead atoms. The molecule has 1 N–H and O–H groups in total. The fourth-order valence-electron chi connectivity index (χ4n) is 3.09. The smallest absolute Gasteiger partial charge is 0.254 e. The van der Waals surface area contributed by atoms with Crippen LogP contribution in [0.5, 0.6) is 11.5 Å². The molecular weight excluding hydrogens is 386 g/mol. The van der Waals surface area contributed by atoms with E-state index in [9.17, 15) is 4.79 Å². The van der Waals surface area contributed by atoms with E-state index in [1.165, 1.54) is 4.70 Å². The third-order valence-electron chi connectivity index (χ3n) is 4.53. The number of fused-ring (bicyclic) bond motifs is 1. The molecule has 29 heavy (non-hydrogen) atoms. The Bertz CT molecular complexity index is 1030. The summed E-state index contributed by atoms with van der Waals surface area (Å²) in [6, 6.07) is 13.9. The van der Waals surface area contributed by atoms with E-state index < -0.39 is 0 Å². The fourth-order valence-corrected chi connectivity index (χ4v) is 4.10. The van der Waals surface area contributed by atoms with Gasteiger partial charge in [-0.25, -0.2) is 5.43 Å². The molecule has 0 saturated carbocycles. The molecule has 7 heteroatoms. The van der Waals surface area contributed by atoms with Gasteiger partial charge >= 0.3 is 0 Å². The molecule has 1 heterocycles. The predicted octanol–water partition coefficient (Wildman–Crippen LogP) is 3.89. The Morgan fingerprint density at radius 1 is 1.14 bits per heavy atom. The van der Waals surface area contributed by atoms with Crippen molar-refractivity contribution < 1.29 is 14.3 Å². The number of methoxy groups -OCH3 is 2. The van der Waals surface area contributed by atoms with Gasteiger partial charge in [0, 0.05) is 27.6 Å². The summed E-state index contributed by atoms with van der Waals surface area (Å²) in [5.41, 5.74) is 5.53. The average molecular weight is 412 g/mol. The molecule has 0 radical (unpaired) electrons. The minimum Gasteiger partial charge on any atom is -0.493 e. The summed E-state index contributed by atoms with van der Waals surface area (Å²) in [5, 5.41) is 7.51. The van der Waals surface area contributed by atoms with E-state index in [1.807, 2.05) is 49.2 Å². The highest BCUT2D eigenvalue weighted by atomic mass is 32.1. The van der Waals surface area contributed by atoms with Crippen LogP contribution < -0.4 is 14.9 Å². The molecular formula is C22H25N3O3S. The van der Waals surface area contributed by atoms with Crippen LogP contribution in [0.25, 0.3) is 10.1 Å². The van der Waals surface area contributed by atoms with Crippen molar-refractivity contribution in [3.05, 3.63) is 59.0 Å². The molecule has 0 unspecified atom stereocenters. The summed E-state index contributed by atoms with van der Waals surface area (Å²) in [6.07, 6.45) is 0. The van der Waals surface area contributed by atoms with Crippen LogP contribution in [-0.4, -0.2) is 44.3 Å². The number of hydrazone groups is 1. The largest absolute Gasteiger partial charge is 0.493 e. The standard InChI is InChI=1S/C22H25N3O3S/c1-15(18-14-29-21-8-6-5-7-17(18)21)23-24-22(26)13-25(2)12-16-9-10-19(27-3)20(11-16)28-4/h5-11,14H,12-13H2,1-4H3,(H,24,26)/b23-15+. The van der Waals surface area contributed by atoms with Gasteiger partial charge in [-0.15, -0.1) is 11.3 Å². The molecule has 0 aliphatic rings. The van der Waals surface area contributed by atoms with Crippen LogP contribution in [-0.2, 0) is 11.3 Å². The van der Waals surface area contributed by atoms with E-state index in [2.05, 4.69) is 28.0 Å². The molecule has 0 fully saturated rings. The van der Waals surface area contributed by atoms with Gasteiger partial charge in [0.1, 0.15) is 0 Å². The molecule has 0 saturated heterocycles. The topological polar surface area (TPSA) is 63.2 Å². The van der Waals surface area contributed by atoms with Crippen LogP contribution in [0.2, 0.25) is 0 Å². The summed E-state index contributed by atoms with van der Waals surface area (Å²) < 4.78 is 11.8. The van der Waals surface area contributed by atoms with E-state index in [1.54, 1.807) is 25.6 Å². The summed E-state index contributed by atoms with van der Waals surface area (Å²) in [7, 11) is 5.10. The van der Waals surface area contributed by atoms with E-state index in [4.69, 9.17) is 9.47 Å². The monoisotopic (exact) mass is 411 g/mol. The van der Waals surface area contributed by atoms with E-state index in [0.29, 0.717) is 18.0 Å². The summed E-state index contributed by atoms with van der Waals surface area (Å²) >= 11 is 1.67. The lowest BCUT2D eigenvalue weighted by Gasteiger charge is -2.17. The van der Waals surface area contributed by atoms with Crippen molar-refractivity contribution in [3.63, 3.8) is 0 Å². The van der Waals surface area contributed by atoms with Gasteiger partial charge in [0.25, 0.3) is 5.91 Å². The lowest BCUT2D eigenvalue weighted by Crippen LogP contribution is -2.32. The molecule has 2 aromatic carbocycles. The highest BCUT2D eigenvalue weighted by Crippen LogP contribution is 2.28. The average Bonchev–Trinajstić information content (AvgIpc) is 3.16. The van der Waals surface area contributed by atoms with Crippen LogP contribution in [0.3, 0.4) is 0 Å². The zero-order chi connectivity index (χ0) is 20.8. The SMILES string of the molecule is COc1ccc(CN(C)CC(=O)N/N=C(\C)c2csc3ccccc23)cc1OC. The fraction of sp³-hybridized carbons (Fsp3) is 0.273. The van der Waals surface area contributed by atoms with Gasteiger partial charge < -0.3 is 9.47 Å². The van der Waals surface area contributed by atoms with Crippen LogP contribution >= 0.6 is 11.3 Å². The molecule has 3 aromatic rings. The number of carbonyl (C=O) groups is 1. The number of ether oxygens (including phenoxy) is 2. The number of nitrogens with one attached hydrogen (secondary N) is 1. The number of amides is 1. The van der Waals surface area contributed by atoms with E-state index in [0.717, 1.165) is 22.2 Å². The number of likely N-dealkylation sites (N-methyl/N-ethyl adjacent to an activating group) is 1. The van der Waals surface area contributed by atoms with Crippen molar-refractivity contribution in [2.45, 2.75) is 13.5 Å². The third kappa shape index (κ3) is 5.13. The Kier molecular flexibility index (Phi) is 6.85. The van der Waals surface area contributed by atoms with Gasteiger partial charge in [0.15, 0.2) is 11.5 Å². The zero-order valence-corrected chi connectivity index (χ0v) is 17.9. The number of hydrogen-bond donors (Lipinski definition) is 1. The van der Waals surface area contributed by atoms with Gasteiger partial charge in [-0.2, -0.15) is 5.10 Å². The lowest BCUT2D eigenvalue weighted by molar-refractivity contribution is -0.122. The van der Waals surface area contributed by atoms with Crippen LogP contribution in [0, 0.1) is 0 Å². The first-order valence-electron chi connectivity index (χ1n) is 9.21. The predicted molar refractivity (Wildman–Crippen MR) is 118 cm³/mol. The maximum atomic E-state index is 12.3. The molecule has 0 atom stereocenters. The molecule has 1 amide bonds. The minimum absolute atomic E-state index is 0.160. The van der Waals surface area contributed by atoms with Crippen molar-refractivity contribution >= 4 is 33.0 Å². The molecule has 0 aliphatic heterocycles. The van der Waals surface area contributed by atoms with Gasteiger partial charge in [0.05, 0.1) is 26.5 Å². The van der Waals surface area contributed by atoms with Crippen molar-refractivity contribution in [1.29, 1.82) is 0 Å². The molecule has 1 aromatic heterocycles. The molecule has 152 valence electrons.